The molecule has 1 aliphatic rings. The number of pyridine rings is 1. The van der Waals surface area contributed by atoms with Gasteiger partial charge in [-0.1, -0.05) is 18.2 Å². The molecule has 4 rings (SSSR count). The topological polar surface area (TPSA) is 33.1 Å². The Hall–Kier alpha value is -2.66. The van der Waals surface area contributed by atoms with Crippen LogP contribution >= 0.6 is 12.2 Å². The molecule has 0 saturated heterocycles. The Morgan fingerprint density at radius 1 is 1.16 bits per heavy atom. The zero-order chi connectivity index (χ0) is 17.2. The molecule has 3 heterocycles. The maximum atomic E-state index is 5.76. The number of rotatable bonds is 2. The van der Waals surface area contributed by atoms with Crippen molar-refractivity contribution < 1.29 is 0 Å². The van der Waals surface area contributed by atoms with Crippen LogP contribution in [0.3, 0.4) is 0 Å². The largest absolute Gasteiger partial charge is 0.348 e. The average Bonchev–Trinajstić information content (AvgIpc) is 3.10. The summed E-state index contributed by atoms with van der Waals surface area (Å²) in [5, 5.41) is 4.15. The van der Waals surface area contributed by atoms with E-state index >= 15 is 0 Å². The SMILES string of the molecule is Cc1cccc(NC(=S)N2CCn3cccc3[C@H]2c2cccnc2)c1. The molecule has 4 nitrogen and oxygen atoms in total. The molecule has 0 saturated carbocycles. The van der Waals surface area contributed by atoms with Crippen molar-refractivity contribution in [1.29, 1.82) is 0 Å². The third-order valence-corrected chi connectivity index (χ3v) is 4.91. The fourth-order valence-corrected chi connectivity index (χ4v) is 3.72. The van der Waals surface area contributed by atoms with E-state index in [9.17, 15) is 0 Å². The zero-order valence-corrected chi connectivity index (χ0v) is 14.9. The van der Waals surface area contributed by atoms with Gasteiger partial charge < -0.3 is 14.8 Å². The van der Waals surface area contributed by atoms with Crippen molar-refractivity contribution in [1.82, 2.24) is 14.5 Å². The van der Waals surface area contributed by atoms with Crippen molar-refractivity contribution in [3.05, 3.63) is 83.9 Å². The third kappa shape index (κ3) is 3.15. The predicted octanol–water partition coefficient (Wildman–Crippen LogP) is 3.99. The minimum atomic E-state index is 0.0715. The molecule has 1 atom stereocenters. The van der Waals surface area contributed by atoms with Crippen LogP contribution in [-0.2, 0) is 6.54 Å². The maximum absolute atomic E-state index is 5.76. The highest BCUT2D eigenvalue weighted by Gasteiger charge is 2.30. The second kappa shape index (κ2) is 6.69. The first-order valence-corrected chi connectivity index (χ1v) is 8.82. The molecule has 5 heteroatoms. The van der Waals surface area contributed by atoms with Crippen LogP contribution in [0.4, 0.5) is 5.69 Å². The first-order chi connectivity index (χ1) is 12.2. The van der Waals surface area contributed by atoms with Crippen molar-refractivity contribution in [2.75, 3.05) is 11.9 Å². The highest BCUT2D eigenvalue weighted by molar-refractivity contribution is 7.80. The third-order valence-electron chi connectivity index (χ3n) is 4.57. The van der Waals surface area contributed by atoms with Crippen molar-refractivity contribution in [3.8, 4) is 0 Å². The van der Waals surface area contributed by atoms with Gasteiger partial charge >= 0.3 is 0 Å². The molecule has 2 aromatic heterocycles. The summed E-state index contributed by atoms with van der Waals surface area (Å²) in [5.41, 5.74) is 4.63. The van der Waals surface area contributed by atoms with Crippen LogP contribution in [0, 0.1) is 6.92 Å². The summed E-state index contributed by atoms with van der Waals surface area (Å²) in [5.74, 6) is 0. The first-order valence-electron chi connectivity index (χ1n) is 8.41. The van der Waals surface area contributed by atoms with E-state index in [1.807, 2.05) is 24.4 Å². The standard InChI is InChI=1S/C20H20N4S/c1-15-5-2-7-17(13-15)22-20(25)24-12-11-23-10-4-8-18(23)19(24)16-6-3-9-21-14-16/h2-10,13-14,19H,11-12H2,1H3,(H,22,25)/t19-/m1/s1. The van der Waals surface area contributed by atoms with Crippen molar-refractivity contribution in [3.63, 3.8) is 0 Å². The number of anilines is 1. The van der Waals surface area contributed by atoms with Gasteiger partial charge in [0.2, 0.25) is 0 Å². The van der Waals surface area contributed by atoms with Gasteiger partial charge in [-0.05, 0) is 60.6 Å². The minimum absolute atomic E-state index is 0.0715. The fraction of sp³-hybridized carbons (Fsp3) is 0.200. The Bertz CT molecular complexity index is 887. The van der Waals surface area contributed by atoms with Crippen LogP contribution in [0.5, 0.6) is 0 Å². The molecule has 0 amide bonds. The number of hydrogen-bond acceptors (Lipinski definition) is 2. The molecule has 0 radical (unpaired) electrons. The normalized spacial score (nSPS) is 16.4. The predicted molar refractivity (Wildman–Crippen MR) is 105 cm³/mol. The number of benzene rings is 1. The number of fused-ring (bicyclic) bond motifs is 1. The van der Waals surface area contributed by atoms with Crippen molar-refractivity contribution >= 4 is 23.0 Å². The first kappa shape index (κ1) is 15.8. The molecule has 0 unspecified atom stereocenters. The molecule has 1 aromatic carbocycles. The summed E-state index contributed by atoms with van der Waals surface area (Å²) < 4.78 is 2.30. The molecule has 1 N–H and O–H groups in total. The van der Waals surface area contributed by atoms with Crippen LogP contribution in [0.25, 0.3) is 0 Å². The fourth-order valence-electron chi connectivity index (χ4n) is 3.41. The number of nitrogens with one attached hydrogen (secondary N) is 1. The van der Waals surface area contributed by atoms with Crippen molar-refractivity contribution in [2.24, 2.45) is 0 Å². The number of aryl methyl sites for hydroxylation is 1. The van der Waals surface area contributed by atoms with Gasteiger partial charge in [-0.25, -0.2) is 0 Å². The minimum Gasteiger partial charge on any atom is -0.348 e. The van der Waals surface area contributed by atoms with Gasteiger partial charge in [0.25, 0.3) is 0 Å². The summed E-state index contributed by atoms with van der Waals surface area (Å²) in [6, 6.07) is 16.7. The lowest BCUT2D eigenvalue weighted by molar-refractivity contribution is 0.293. The Balaban J connectivity index is 1.66. The molecule has 1 aliphatic heterocycles. The Labute approximate surface area is 153 Å². The van der Waals surface area contributed by atoms with Crippen LogP contribution in [0.15, 0.2) is 67.1 Å². The summed E-state index contributed by atoms with van der Waals surface area (Å²) in [7, 11) is 0. The summed E-state index contributed by atoms with van der Waals surface area (Å²) in [6.45, 7) is 3.87. The lowest BCUT2D eigenvalue weighted by Gasteiger charge is -2.38. The lowest BCUT2D eigenvalue weighted by Crippen LogP contribution is -2.44. The summed E-state index contributed by atoms with van der Waals surface area (Å²) in [6.07, 6.45) is 5.86. The molecule has 0 aliphatic carbocycles. The number of thiocarbonyl (C=S) groups is 1. The van der Waals surface area contributed by atoms with E-state index in [1.54, 1.807) is 6.20 Å². The molecule has 3 aromatic rings. The molecular weight excluding hydrogens is 328 g/mol. The van der Waals surface area contributed by atoms with E-state index in [2.05, 4.69) is 63.2 Å². The van der Waals surface area contributed by atoms with Crippen LogP contribution in [0.2, 0.25) is 0 Å². The van der Waals surface area contributed by atoms with E-state index in [1.165, 1.54) is 11.3 Å². The number of hydrogen-bond donors (Lipinski definition) is 1. The van der Waals surface area contributed by atoms with Gasteiger partial charge in [-0.3, -0.25) is 4.98 Å². The van der Waals surface area contributed by atoms with Gasteiger partial charge in [0.15, 0.2) is 5.11 Å². The second-order valence-electron chi connectivity index (χ2n) is 6.31. The molecule has 0 spiro atoms. The van der Waals surface area contributed by atoms with Crippen LogP contribution in [0.1, 0.15) is 22.9 Å². The number of nitrogens with zero attached hydrogens (tertiary/aromatic N) is 3. The van der Waals surface area contributed by atoms with E-state index in [0.29, 0.717) is 0 Å². The summed E-state index contributed by atoms with van der Waals surface area (Å²) in [4.78, 5) is 6.56. The average molecular weight is 348 g/mol. The summed E-state index contributed by atoms with van der Waals surface area (Å²) >= 11 is 5.76. The highest BCUT2D eigenvalue weighted by atomic mass is 32.1. The maximum Gasteiger partial charge on any atom is 0.174 e. The van der Waals surface area contributed by atoms with E-state index in [4.69, 9.17) is 12.2 Å². The van der Waals surface area contributed by atoms with Gasteiger partial charge in [-0.15, -0.1) is 0 Å². The monoisotopic (exact) mass is 348 g/mol. The zero-order valence-electron chi connectivity index (χ0n) is 14.1. The van der Waals surface area contributed by atoms with E-state index < -0.39 is 0 Å². The quantitative estimate of drug-likeness (QED) is 0.710. The Kier molecular flexibility index (Phi) is 4.24. The van der Waals surface area contributed by atoms with Gasteiger partial charge in [0.05, 0.1) is 6.04 Å². The van der Waals surface area contributed by atoms with E-state index in [0.717, 1.165) is 29.5 Å². The lowest BCUT2D eigenvalue weighted by atomic mass is 10.0. The molecule has 0 fully saturated rings. The van der Waals surface area contributed by atoms with Crippen LogP contribution < -0.4 is 5.32 Å². The van der Waals surface area contributed by atoms with Gasteiger partial charge in [0.1, 0.15) is 0 Å². The molecule has 0 bridgehead atoms. The molecule has 25 heavy (non-hydrogen) atoms. The highest BCUT2D eigenvalue weighted by Crippen LogP contribution is 2.32. The number of aromatic nitrogens is 2. The Morgan fingerprint density at radius 2 is 2.08 bits per heavy atom. The van der Waals surface area contributed by atoms with Crippen LogP contribution in [-0.4, -0.2) is 26.1 Å². The second-order valence-corrected chi connectivity index (χ2v) is 6.70. The van der Waals surface area contributed by atoms with Crippen molar-refractivity contribution in [2.45, 2.75) is 19.5 Å². The molecular formula is C20H20N4S. The smallest absolute Gasteiger partial charge is 0.174 e. The molecule has 126 valence electrons. The van der Waals surface area contributed by atoms with Gasteiger partial charge in [0, 0.05) is 43.1 Å². The van der Waals surface area contributed by atoms with Gasteiger partial charge in [-0.2, -0.15) is 0 Å². The van der Waals surface area contributed by atoms with E-state index in [-0.39, 0.29) is 6.04 Å². The Morgan fingerprint density at radius 3 is 2.88 bits per heavy atom.